The summed E-state index contributed by atoms with van der Waals surface area (Å²) in [6, 6.07) is 3.94. The van der Waals surface area contributed by atoms with E-state index in [-0.39, 0.29) is 17.2 Å². The van der Waals surface area contributed by atoms with Crippen LogP contribution in [-0.4, -0.2) is 31.3 Å². The number of carbonyl (C=O) groups excluding carboxylic acids is 1. The molecule has 1 aliphatic rings. The van der Waals surface area contributed by atoms with Crippen molar-refractivity contribution in [3.05, 3.63) is 29.7 Å². The van der Waals surface area contributed by atoms with Gasteiger partial charge in [-0.3, -0.25) is 19.1 Å². The Balaban J connectivity index is 1.80. The zero-order valence-corrected chi connectivity index (χ0v) is 15.3. The zero-order chi connectivity index (χ0) is 17.3. The molecule has 0 aromatic carbocycles. The lowest BCUT2D eigenvalue weighted by Gasteiger charge is -2.20. The molecule has 6 nitrogen and oxygen atoms in total. The lowest BCUT2D eigenvalue weighted by Crippen LogP contribution is -2.32. The van der Waals surface area contributed by atoms with Crippen molar-refractivity contribution in [3.63, 3.8) is 0 Å². The second kappa shape index (κ2) is 6.59. The number of aromatic nitrogens is 4. The molecule has 2 aromatic rings. The highest BCUT2D eigenvalue weighted by Crippen LogP contribution is 2.21. The number of rotatable bonds is 5. The van der Waals surface area contributed by atoms with E-state index in [9.17, 15) is 4.79 Å². The van der Waals surface area contributed by atoms with Gasteiger partial charge in [0.15, 0.2) is 5.82 Å². The normalized spacial score (nSPS) is 14.0. The Morgan fingerprint density at radius 2 is 2.17 bits per heavy atom. The summed E-state index contributed by atoms with van der Waals surface area (Å²) in [4.78, 5) is 13.9. The van der Waals surface area contributed by atoms with Gasteiger partial charge in [-0.1, -0.05) is 20.8 Å². The second-order valence-corrected chi connectivity index (χ2v) is 7.77. The number of fused-ring (bicyclic) bond motifs is 1. The first-order valence-electron chi connectivity index (χ1n) is 8.31. The number of alkyl halides is 1. The van der Waals surface area contributed by atoms with Crippen molar-refractivity contribution >= 4 is 23.3 Å². The Bertz CT molecular complexity index is 706. The van der Waals surface area contributed by atoms with Crippen LogP contribution in [0.1, 0.15) is 38.6 Å². The number of nitrogens with zero attached hydrogens (tertiary/aromatic N) is 5. The van der Waals surface area contributed by atoms with E-state index < -0.39 is 0 Å². The highest BCUT2D eigenvalue weighted by Gasteiger charge is 2.22. The monoisotopic (exact) mass is 349 g/mol. The van der Waals surface area contributed by atoms with Crippen LogP contribution in [0, 0.1) is 5.41 Å². The fourth-order valence-corrected chi connectivity index (χ4v) is 3.14. The zero-order valence-electron chi connectivity index (χ0n) is 14.5. The van der Waals surface area contributed by atoms with Gasteiger partial charge in [0.25, 0.3) is 0 Å². The van der Waals surface area contributed by atoms with Crippen LogP contribution in [0.25, 0.3) is 0 Å². The summed E-state index contributed by atoms with van der Waals surface area (Å²) in [6.45, 7) is 8.61. The van der Waals surface area contributed by atoms with Gasteiger partial charge < -0.3 is 0 Å². The summed E-state index contributed by atoms with van der Waals surface area (Å²) in [5.41, 5.74) is 2.24. The summed E-state index contributed by atoms with van der Waals surface area (Å²) in [7, 11) is 0. The minimum absolute atomic E-state index is 0.0697. The van der Waals surface area contributed by atoms with Crippen molar-refractivity contribution in [3.8, 4) is 0 Å². The molecule has 7 heteroatoms. The molecule has 0 bridgehead atoms. The third-order valence-corrected chi connectivity index (χ3v) is 4.22. The maximum absolute atomic E-state index is 12.3. The van der Waals surface area contributed by atoms with Crippen molar-refractivity contribution in [2.75, 3.05) is 10.8 Å². The minimum atomic E-state index is -0.161. The molecule has 24 heavy (non-hydrogen) atoms. The molecular formula is C17H24ClN5O. The first-order chi connectivity index (χ1) is 11.4. The number of carbonyl (C=O) groups is 1. The molecule has 0 spiro atoms. The van der Waals surface area contributed by atoms with Gasteiger partial charge in [-0.25, -0.2) is 0 Å². The predicted molar refractivity (Wildman–Crippen MR) is 94.1 cm³/mol. The fraction of sp³-hybridized carbons (Fsp3) is 0.588. The molecule has 3 rings (SSSR count). The average Bonchev–Trinajstić information content (AvgIpc) is 3.17. The molecule has 1 aliphatic heterocycles. The molecule has 0 unspecified atom stereocenters. The van der Waals surface area contributed by atoms with Gasteiger partial charge in [0.1, 0.15) is 5.88 Å². The van der Waals surface area contributed by atoms with Crippen molar-refractivity contribution in [1.29, 1.82) is 0 Å². The average molecular weight is 350 g/mol. The van der Waals surface area contributed by atoms with Gasteiger partial charge in [-0.2, -0.15) is 10.2 Å². The first kappa shape index (κ1) is 17.0. The van der Waals surface area contributed by atoms with E-state index in [2.05, 4.69) is 37.0 Å². The van der Waals surface area contributed by atoms with Gasteiger partial charge in [-0.15, -0.1) is 11.6 Å². The maximum atomic E-state index is 12.3. The molecule has 130 valence electrons. The van der Waals surface area contributed by atoms with E-state index in [4.69, 9.17) is 11.6 Å². The number of aryl methyl sites for hydroxylation is 2. The summed E-state index contributed by atoms with van der Waals surface area (Å²) in [5, 5.41) is 9.14. The Morgan fingerprint density at radius 1 is 1.38 bits per heavy atom. The third-order valence-electron chi connectivity index (χ3n) is 3.99. The van der Waals surface area contributed by atoms with Gasteiger partial charge in [0, 0.05) is 31.0 Å². The predicted octanol–water partition coefficient (Wildman–Crippen LogP) is 2.84. The standard InChI is InChI=1S/C17H24ClN5O/c1-17(2,3)12-21-8-6-15(20-21)22(16(24)10-18)11-13-9-14-5-4-7-23(14)19-13/h6,8-9H,4-5,7,10-12H2,1-3H3. The van der Waals surface area contributed by atoms with E-state index >= 15 is 0 Å². The highest BCUT2D eigenvalue weighted by molar-refractivity contribution is 6.29. The van der Waals surface area contributed by atoms with Crippen molar-refractivity contribution in [1.82, 2.24) is 19.6 Å². The largest absolute Gasteiger partial charge is 0.288 e. The van der Waals surface area contributed by atoms with Crippen LogP contribution < -0.4 is 4.90 Å². The first-order valence-corrected chi connectivity index (χ1v) is 8.84. The molecule has 0 saturated carbocycles. The Labute approximate surface area is 147 Å². The van der Waals surface area contributed by atoms with Gasteiger partial charge in [-0.05, 0) is 24.3 Å². The molecule has 0 fully saturated rings. The number of halogens is 1. The third kappa shape index (κ3) is 3.80. The molecule has 1 amide bonds. The van der Waals surface area contributed by atoms with Crippen LogP contribution in [0.2, 0.25) is 0 Å². The number of amides is 1. The minimum Gasteiger partial charge on any atom is -0.288 e. The molecule has 0 aliphatic carbocycles. The van der Waals surface area contributed by atoms with Crippen LogP contribution in [0.15, 0.2) is 18.3 Å². The molecular weight excluding hydrogens is 326 g/mol. The van der Waals surface area contributed by atoms with E-state index in [0.717, 1.165) is 31.6 Å². The van der Waals surface area contributed by atoms with E-state index in [1.807, 2.05) is 21.6 Å². The van der Waals surface area contributed by atoms with Crippen molar-refractivity contribution in [2.24, 2.45) is 5.41 Å². The molecule has 2 aromatic heterocycles. The second-order valence-electron chi connectivity index (χ2n) is 7.50. The van der Waals surface area contributed by atoms with Crippen molar-refractivity contribution in [2.45, 2.75) is 53.2 Å². The fourth-order valence-electron chi connectivity index (χ4n) is 3.00. The number of anilines is 1. The SMILES string of the molecule is CC(C)(C)Cn1ccc(N(Cc2cc3n(n2)CCC3)C(=O)CCl)n1. The van der Waals surface area contributed by atoms with E-state index in [1.54, 1.807) is 4.90 Å². The Morgan fingerprint density at radius 3 is 2.83 bits per heavy atom. The van der Waals surface area contributed by atoms with Crippen LogP contribution in [-0.2, 0) is 30.8 Å². The number of hydrogen-bond acceptors (Lipinski definition) is 3. The molecule has 0 N–H and O–H groups in total. The lowest BCUT2D eigenvalue weighted by atomic mass is 9.97. The van der Waals surface area contributed by atoms with Gasteiger partial charge in [0.2, 0.25) is 5.91 Å². The van der Waals surface area contributed by atoms with Crippen LogP contribution >= 0.6 is 11.6 Å². The molecule has 0 atom stereocenters. The quantitative estimate of drug-likeness (QED) is 0.780. The molecule has 0 saturated heterocycles. The van der Waals surface area contributed by atoms with Crippen LogP contribution in [0.4, 0.5) is 5.82 Å². The molecule has 3 heterocycles. The Kier molecular flexibility index (Phi) is 4.67. The smallest absolute Gasteiger partial charge is 0.243 e. The van der Waals surface area contributed by atoms with Crippen LogP contribution in [0.3, 0.4) is 0 Å². The van der Waals surface area contributed by atoms with E-state index in [0.29, 0.717) is 12.4 Å². The number of hydrogen-bond donors (Lipinski definition) is 0. The van der Waals surface area contributed by atoms with Gasteiger partial charge in [0.05, 0.1) is 12.2 Å². The topological polar surface area (TPSA) is 56.0 Å². The van der Waals surface area contributed by atoms with E-state index in [1.165, 1.54) is 5.69 Å². The van der Waals surface area contributed by atoms with Crippen LogP contribution in [0.5, 0.6) is 0 Å². The summed E-state index contributed by atoms with van der Waals surface area (Å²) in [5.74, 6) is 0.392. The maximum Gasteiger partial charge on any atom is 0.243 e. The molecule has 0 radical (unpaired) electrons. The summed E-state index contributed by atoms with van der Waals surface area (Å²) in [6.07, 6.45) is 4.10. The Hall–Kier alpha value is -1.82. The van der Waals surface area contributed by atoms with Crippen molar-refractivity contribution < 1.29 is 4.79 Å². The lowest BCUT2D eigenvalue weighted by molar-refractivity contribution is -0.116. The highest BCUT2D eigenvalue weighted by atomic mass is 35.5. The van der Waals surface area contributed by atoms with Gasteiger partial charge >= 0.3 is 0 Å². The summed E-state index contributed by atoms with van der Waals surface area (Å²) >= 11 is 5.80. The summed E-state index contributed by atoms with van der Waals surface area (Å²) < 4.78 is 3.90.